The highest BCUT2D eigenvalue weighted by atomic mass is 16.4. The summed E-state index contributed by atoms with van der Waals surface area (Å²) in [5, 5.41) is 11.8. The van der Waals surface area contributed by atoms with Crippen molar-refractivity contribution in [2.24, 2.45) is 5.73 Å². The Morgan fingerprint density at radius 1 is 1.05 bits per heavy atom. The van der Waals surface area contributed by atoms with Gasteiger partial charge in [-0.05, 0) is 17.7 Å². The Hall–Kier alpha value is -2.66. The lowest BCUT2D eigenvalue weighted by molar-refractivity contribution is -0.117. The van der Waals surface area contributed by atoms with Crippen LogP contribution in [0.3, 0.4) is 0 Å². The molecule has 108 valence electrons. The van der Waals surface area contributed by atoms with E-state index >= 15 is 0 Å². The first kappa shape index (κ1) is 14.7. The fraction of sp³-hybridized carbons (Fsp3) is 0.125. The van der Waals surface area contributed by atoms with E-state index < -0.39 is 11.9 Å². The molecule has 0 saturated carbocycles. The number of aromatic carboxylic acids is 1. The van der Waals surface area contributed by atoms with Gasteiger partial charge < -0.3 is 16.2 Å². The van der Waals surface area contributed by atoms with Crippen molar-refractivity contribution in [3.8, 4) is 0 Å². The maximum absolute atomic E-state index is 12.3. The number of carbonyl (C=O) groups is 2. The van der Waals surface area contributed by atoms with Crippen molar-refractivity contribution >= 4 is 17.6 Å². The smallest absolute Gasteiger partial charge is 0.337 e. The largest absolute Gasteiger partial charge is 0.478 e. The molecule has 5 nitrogen and oxygen atoms in total. The number of carboxylic acids is 1. The first-order chi connectivity index (χ1) is 10.1. The van der Waals surface area contributed by atoms with Gasteiger partial charge in [0.1, 0.15) is 0 Å². The van der Waals surface area contributed by atoms with E-state index in [1.54, 1.807) is 18.2 Å². The van der Waals surface area contributed by atoms with Gasteiger partial charge >= 0.3 is 5.97 Å². The number of rotatable bonds is 5. The maximum Gasteiger partial charge on any atom is 0.337 e. The topological polar surface area (TPSA) is 92.4 Å². The van der Waals surface area contributed by atoms with Crippen LogP contribution in [-0.4, -0.2) is 23.5 Å². The molecule has 0 spiro atoms. The number of para-hydroxylation sites is 1. The molecule has 2 aromatic rings. The summed E-state index contributed by atoms with van der Waals surface area (Å²) in [6.07, 6.45) is 0. The fourth-order valence-electron chi connectivity index (χ4n) is 2.08. The Kier molecular flexibility index (Phi) is 4.68. The third kappa shape index (κ3) is 3.46. The summed E-state index contributed by atoms with van der Waals surface area (Å²) in [6, 6.07) is 15.4. The minimum absolute atomic E-state index is 0.0506. The van der Waals surface area contributed by atoms with Crippen LogP contribution in [0.25, 0.3) is 0 Å². The number of hydrogen-bond donors (Lipinski definition) is 3. The second-order valence-electron chi connectivity index (χ2n) is 4.54. The number of amides is 1. The van der Waals surface area contributed by atoms with Gasteiger partial charge in [0.2, 0.25) is 5.91 Å². The predicted molar refractivity (Wildman–Crippen MR) is 80.3 cm³/mol. The van der Waals surface area contributed by atoms with Gasteiger partial charge in [0.15, 0.2) is 0 Å². The third-order valence-corrected chi connectivity index (χ3v) is 3.17. The zero-order valence-corrected chi connectivity index (χ0v) is 11.3. The van der Waals surface area contributed by atoms with Crippen LogP contribution >= 0.6 is 0 Å². The quantitative estimate of drug-likeness (QED) is 0.783. The summed E-state index contributed by atoms with van der Waals surface area (Å²) in [7, 11) is 0. The minimum Gasteiger partial charge on any atom is -0.478 e. The molecular formula is C16H16N2O3. The van der Waals surface area contributed by atoms with Gasteiger partial charge in [0, 0.05) is 6.54 Å². The number of benzene rings is 2. The first-order valence-electron chi connectivity index (χ1n) is 6.51. The average Bonchev–Trinajstić information content (AvgIpc) is 2.49. The number of nitrogens with two attached hydrogens (primary N) is 1. The molecule has 0 bridgehead atoms. The van der Waals surface area contributed by atoms with Gasteiger partial charge in [-0.3, -0.25) is 4.79 Å². The van der Waals surface area contributed by atoms with E-state index in [1.165, 1.54) is 6.07 Å². The molecule has 0 heterocycles. The Morgan fingerprint density at radius 3 is 2.29 bits per heavy atom. The molecule has 0 fully saturated rings. The fourth-order valence-corrected chi connectivity index (χ4v) is 2.08. The maximum atomic E-state index is 12.3. The van der Waals surface area contributed by atoms with Crippen LogP contribution in [0.15, 0.2) is 54.6 Å². The molecule has 0 aromatic heterocycles. The molecule has 0 aliphatic rings. The van der Waals surface area contributed by atoms with E-state index in [9.17, 15) is 9.59 Å². The molecule has 2 rings (SSSR count). The van der Waals surface area contributed by atoms with E-state index in [2.05, 4.69) is 5.32 Å². The van der Waals surface area contributed by atoms with Crippen LogP contribution in [0.2, 0.25) is 0 Å². The van der Waals surface area contributed by atoms with Crippen molar-refractivity contribution < 1.29 is 14.7 Å². The lowest BCUT2D eigenvalue weighted by atomic mass is 9.98. The molecular weight excluding hydrogens is 268 g/mol. The Labute approximate surface area is 122 Å². The van der Waals surface area contributed by atoms with Crippen LogP contribution in [0.4, 0.5) is 5.69 Å². The second kappa shape index (κ2) is 6.67. The standard InChI is InChI=1S/C16H16N2O3/c17-10-13(11-6-2-1-3-7-11)15(19)18-14-9-5-4-8-12(14)16(20)21/h1-9,13H,10,17H2,(H,18,19)(H,20,21). The van der Waals surface area contributed by atoms with Gasteiger partial charge in [0.05, 0.1) is 17.2 Å². The highest BCUT2D eigenvalue weighted by Crippen LogP contribution is 2.20. The zero-order valence-electron chi connectivity index (χ0n) is 11.3. The lowest BCUT2D eigenvalue weighted by Crippen LogP contribution is -2.28. The van der Waals surface area contributed by atoms with Crippen molar-refractivity contribution in [2.75, 3.05) is 11.9 Å². The van der Waals surface area contributed by atoms with E-state index in [1.807, 2.05) is 30.3 Å². The Balaban J connectivity index is 2.23. The van der Waals surface area contributed by atoms with Gasteiger partial charge in [0.25, 0.3) is 0 Å². The van der Waals surface area contributed by atoms with E-state index in [4.69, 9.17) is 10.8 Å². The van der Waals surface area contributed by atoms with E-state index in [-0.39, 0.29) is 23.7 Å². The van der Waals surface area contributed by atoms with Crippen molar-refractivity contribution in [2.45, 2.75) is 5.92 Å². The second-order valence-corrected chi connectivity index (χ2v) is 4.54. The molecule has 1 amide bonds. The summed E-state index contributed by atoms with van der Waals surface area (Å²) >= 11 is 0. The van der Waals surface area contributed by atoms with Crippen molar-refractivity contribution in [1.29, 1.82) is 0 Å². The lowest BCUT2D eigenvalue weighted by Gasteiger charge is -2.16. The first-order valence-corrected chi connectivity index (χ1v) is 6.51. The Morgan fingerprint density at radius 2 is 1.67 bits per heavy atom. The molecule has 0 saturated heterocycles. The van der Waals surface area contributed by atoms with Crippen molar-refractivity contribution in [3.05, 3.63) is 65.7 Å². The van der Waals surface area contributed by atoms with Crippen molar-refractivity contribution in [3.63, 3.8) is 0 Å². The number of carbonyl (C=O) groups excluding carboxylic acids is 1. The summed E-state index contributed by atoms with van der Waals surface area (Å²) in [6.45, 7) is 0.144. The van der Waals surface area contributed by atoms with Gasteiger partial charge in [-0.15, -0.1) is 0 Å². The minimum atomic E-state index is -1.09. The predicted octanol–water partition coefficient (Wildman–Crippen LogP) is 2.07. The van der Waals surface area contributed by atoms with Crippen LogP contribution in [-0.2, 0) is 4.79 Å². The van der Waals surface area contributed by atoms with Crippen LogP contribution in [0, 0.1) is 0 Å². The summed E-state index contributed by atoms with van der Waals surface area (Å²) in [5.74, 6) is -1.93. The molecule has 0 aliphatic heterocycles. The van der Waals surface area contributed by atoms with Gasteiger partial charge in [-0.25, -0.2) is 4.79 Å². The molecule has 0 radical (unpaired) electrons. The highest BCUT2D eigenvalue weighted by Gasteiger charge is 2.20. The highest BCUT2D eigenvalue weighted by molar-refractivity contribution is 6.02. The molecule has 21 heavy (non-hydrogen) atoms. The molecule has 2 aromatic carbocycles. The van der Waals surface area contributed by atoms with E-state index in [0.717, 1.165) is 5.56 Å². The number of carboxylic acid groups (broad SMARTS) is 1. The molecule has 1 atom stereocenters. The van der Waals surface area contributed by atoms with Gasteiger partial charge in [-0.1, -0.05) is 42.5 Å². The van der Waals surface area contributed by atoms with Gasteiger partial charge in [-0.2, -0.15) is 0 Å². The summed E-state index contributed by atoms with van der Waals surface area (Å²) in [5.41, 5.74) is 6.80. The monoisotopic (exact) mass is 284 g/mol. The molecule has 4 N–H and O–H groups in total. The van der Waals surface area contributed by atoms with Crippen LogP contribution < -0.4 is 11.1 Å². The molecule has 1 unspecified atom stereocenters. The molecule has 5 heteroatoms. The molecule has 0 aliphatic carbocycles. The SMILES string of the molecule is NCC(C(=O)Nc1ccccc1C(=O)O)c1ccccc1. The normalized spacial score (nSPS) is 11.7. The number of hydrogen-bond acceptors (Lipinski definition) is 3. The number of nitrogens with one attached hydrogen (secondary N) is 1. The van der Waals surface area contributed by atoms with Crippen molar-refractivity contribution in [1.82, 2.24) is 0 Å². The summed E-state index contributed by atoms with van der Waals surface area (Å²) < 4.78 is 0. The zero-order chi connectivity index (χ0) is 15.2. The van der Waals surface area contributed by atoms with Crippen LogP contribution in [0.5, 0.6) is 0 Å². The third-order valence-electron chi connectivity index (χ3n) is 3.17. The number of anilines is 1. The van der Waals surface area contributed by atoms with E-state index in [0.29, 0.717) is 0 Å². The summed E-state index contributed by atoms with van der Waals surface area (Å²) in [4.78, 5) is 23.5. The van der Waals surface area contributed by atoms with Crippen LogP contribution in [0.1, 0.15) is 21.8 Å². The average molecular weight is 284 g/mol. The Bertz CT molecular complexity index is 641.